The van der Waals surface area contributed by atoms with E-state index in [0.29, 0.717) is 16.4 Å². The first-order chi connectivity index (χ1) is 10.7. The van der Waals surface area contributed by atoms with Crippen molar-refractivity contribution in [3.8, 4) is 0 Å². The van der Waals surface area contributed by atoms with Gasteiger partial charge in [-0.25, -0.2) is 9.78 Å². The minimum atomic E-state index is -0.560. The molecule has 0 spiro atoms. The van der Waals surface area contributed by atoms with Gasteiger partial charge >= 0.3 is 6.09 Å². The van der Waals surface area contributed by atoms with Gasteiger partial charge in [0.05, 0.1) is 0 Å². The highest BCUT2D eigenvalue weighted by Gasteiger charge is 2.16. The van der Waals surface area contributed by atoms with Crippen LogP contribution in [0.5, 0.6) is 0 Å². The molecule has 0 fully saturated rings. The topological polar surface area (TPSA) is 80.3 Å². The first kappa shape index (κ1) is 17.0. The lowest BCUT2D eigenvalue weighted by Crippen LogP contribution is -2.27. The molecule has 6 nitrogen and oxygen atoms in total. The maximum atomic E-state index is 12.1. The molecule has 1 aromatic carbocycles. The molecule has 2 aromatic rings. The number of hydrogen-bond acceptors (Lipinski definition) is 5. The number of ether oxygens (including phenoxy) is 1. The highest BCUT2D eigenvalue weighted by Crippen LogP contribution is 2.18. The zero-order valence-corrected chi connectivity index (χ0v) is 14.3. The van der Waals surface area contributed by atoms with Crippen LogP contribution >= 0.6 is 11.3 Å². The number of rotatable bonds is 3. The molecule has 23 heavy (non-hydrogen) atoms. The van der Waals surface area contributed by atoms with E-state index in [0.717, 1.165) is 4.88 Å². The van der Waals surface area contributed by atoms with Gasteiger partial charge in [0.2, 0.25) is 0 Å². The van der Waals surface area contributed by atoms with Crippen molar-refractivity contribution in [1.29, 1.82) is 0 Å². The van der Waals surface area contributed by atoms with Crippen LogP contribution in [-0.4, -0.2) is 22.6 Å². The van der Waals surface area contributed by atoms with E-state index >= 15 is 0 Å². The molecule has 1 aromatic heterocycles. The summed E-state index contributed by atoms with van der Waals surface area (Å²) in [6, 6.07) is 6.54. The van der Waals surface area contributed by atoms with Gasteiger partial charge in [-0.15, -0.1) is 11.3 Å². The van der Waals surface area contributed by atoms with Crippen LogP contribution in [0.3, 0.4) is 0 Å². The first-order valence-corrected chi connectivity index (χ1v) is 7.88. The van der Waals surface area contributed by atoms with Crippen LogP contribution in [0, 0.1) is 6.92 Å². The van der Waals surface area contributed by atoms with E-state index in [1.165, 1.54) is 11.3 Å². The fourth-order valence-corrected chi connectivity index (χ4v) is 2.37. The maximum Gasteiger partial charge on any atom is 0.412 e. The second-order valence-corrected chi connectivity index (χ2v) is 7.17. The first-order valence-electron chi connectivity index (χ1n) is 7.07. The van der Waals surface area contributed by atoms with Crippen LogP contribution < -0.4 is 10.6 Å². The third kappa shape index (κ3) is 5.37. The smallest absolute Gasteiger partial charge is 0.412 e. The molecule has 0 saturated carbocycles. The second-order valence-electron chi connectivity index (χ2n) is 5.93. The quantitative estimate of drug-likeness (QED) is 0.888. The summed E-state index contributed by atoms with van der Waals surface area (Å²) in [5, 5.41) is 5.90. The fourth-order valence-electron chi connectivity index (χ4n) is 1.71. The zero-order chi connectivity index (χ0) is 17.0. The zero-order valence-electron chi connectivity index (χ0n) is 13.5. The summed E-state index contributed by atoms with van der Waals surface area (Å²) in [6.45, 7) is 7.30. The molecule has 0 atom stereocenters. The van der Waals surface area contributed by atoms with Gasteiger partial charge in [0.15, 0.2) is 5.13 Å². The molecule has 2 rings (SSSR count). The molecule has 0 unspecified atom stereocenters. The van der Waals surface area contributed by atoms with Crippen molar-refractivity contribution in [3.63, 3.8) is 0 Å². The number of thiazole rings is 1. The normalized spacial score (nSPS) is 11.0. The lowest BCUT2D eigenvalue weighted by atomic mass is 10.2. The lowest BCUT2D eigenvalue weighted by Gasteiger charge is -2.19. The van der Waals surface area contributed by atoms with Crippen molar-refractivity contribution in [1.82, 2.24) is 4.98 Å². The van der Waals surface area contributed by atoms with Crippen molar-refractivity contribution in [2.24, 2.45) is 0 Å². The number of amides is 2. The number of benzene rings is 1. The molecule has 0 aliphatic carbocycles. The molecule has 0 radical (unpaired) electrons. The summed E-state index contributed by atoms with van der Waals surface area (Å²) in [6.07, 6.45) is 1.17. The molecule has 1 heterocycles. The van der Waals surface area contributed by atoms with Gasteiger partial charge in [0, 0.05) is 22.3 Å². The number of anilines is 2. The highest BCUT2D eigenvalue weighted by molar-refractivity contribution is 7.15. The SMILES string of the molecule is Cc1cnc(NC(=O)c2ccc(NC(=O)OC(C)(C)C)cc2)s1. The van der Waals surface area contributed by atoms with E-state index in [1.54, 1.807) is 51.2 Å². The monoisotopic (exact) mass is 333 g/mol. The predicted octanol–water partition coefficient (Wildman–Crippen LogP) is 4.05. The molecule has 0 aliphatic rings. The second kappa shape index (κ2) is 6.78. The summed E-state index contributed by atoms with van der Waals surface area (Å²) in [5.41, 5.74) is 0.476. The summed E-state index contributed by atoms with van der Waals surface area (Å²) in [5.74, 6) is -0.247. The number of nitrogens with zero attached hydrogens (tertiary/aromatic N) is 1. The Balaban J connectivity index is 1.96. The van der Waals surface area contributed by atoms with E-state index in [4.69, 9.17) is 4.74 Å². The Kier molecular flexibility index (Phi) is 5.00. The lowest BCUT2D eigenvalue weighted by molar-refractivity contribution is 0.0636. The number of hydrogen-bond donors (Lipinski definition) is 2. The average molecular weight is 333 g/mol. The van der Waals surface area contributed by atoms with Gasteiger partial charge < -0.3 is 4.74 Å². The molecule has 0 saturated heterocycles. The summed E-state index contributed by atoms with van der Waals surface area (Å²) in [4.78, 5) is 28.9. The van der Waals surface area contributed by atoms with Gasteiger partial charge in [-0.05, 0) is 52.0 Å². The molecule has 122 valence electrons. The largest absolute Gasteiger partial charge is 0.444 e. The summed E-state index contributed by atoms with van der Waals surface area (Å²) < 4.78 is 5.16. The highest BCUT2D eigenvalue weighted by atomic mass is 32.1. The van der Waals surface area contributed by atoms with Crippen molar-refractivity contribution >= 4 is 34.2 Å². The minimum absolute atomic E-state index is 0.247. The van der Waals surface area contributed by atoms with Crippen molar-refractivity contribution in [2.75, 3.05) is 10.6 Å². The Morgan fingerprint density at radius 1 is 1.13 bits per heavy atom. The van der Waals surface area contributed by atoms with E-state index < -0.39 is 11.7 Å². The van der Waals surface area contributed by atoms with Crippen LogP contribution in [0.2, 0.25) is 0 Å². The van der Waals surface area contributed by atoms with Crippen molar-refractivity contribution in [3.05, 3.63) is 40.9 Å². The predicted molar refractivity (Wildman–Crippen MR) is 91.1 cm³/mol. The van der Waals surface area contributed by atoms with Gasteiger partial charge in [-0.3, -0.25) is 15.4 Å². The van der Waals surface area contributed by atoms with E-state index in [2.05, 4.69) is 15.6 Å². The number of aryl methyl sites for hydroxylation is 1. The van der Waals surface area contributed by atoms with Crippen LogP contribution in [0.1, 0.15) is 36.0 Å². The summed E-state index contributed by atoms with van der Waals surface area (Å²) in [7, 11) is 0. The van der Waals surface area contributed by atoms with Crippen LogP contribution in [0.15, 0.2) is 30.5 Å². The number of carbonyl (C=O) groups excluding carboxylic acids is 2. The summed E-state index contributed by atoms with van der Waals surface area (Å²) >= 11 is 1.41. The van der Waals surface area contributed by atoms with Gasteiger partial charge in [0.1, 0.15) is 5.60 Å². The van der Waals surface area contributed by atoms with Crippen LogP contribution in [-0.2, 0) is 4.74 Å². The van der Waals surface area contributed by atoms with E-state index in [-0.39, 0.29) is 5.91 Å². The Bertz CT molecular complexity index is 702. The Morgan fingerprint density at radius 2 is 1.78 bits per heavy atom. The molecular weight excluding hydrogens is 314 g/mol. The molecule has 2 N–H and O–H groups in total. The molecule has 2 amide bonds. The number of aromatic nitrogens is 1. The number of nitrogens with one attached hydrogen (secondary N) is 2. The van der Waals surface area contributed by atoms with Crippen LogP contribution in [0.4, 0.5) is 15.6 Å². The van der Waals surface area contributed by atoms with E-state index in [9.17, 15) is 9.59 Å². The molecular formula is C16H19N3O3S. The third-order valence-electron chi connectivity index (χ3n) is 2.63. The molecule has 0 aliphatic heterocycles. The fraction of sp³-hybridized carbons (Fsp3) is 0.312. The van der Waals surface area contributed by atoms with Crippen LogP contribution in [0.25, 0.3) is 0 Å². The van der Waals surface area contributed by atoms with Crippen molar-refractivity contribution in [2.45, 2.75) is 33.3 Å². The van der Waals surface area contributed by atoms with Gasteiger partial charge in [0.25, 0.3) is 5.91 Å². The third-order valence-corrected chi connectivity index (χ3v) is 3.46. The Hall–Kier alpha value is -2.41. The van der Waals surface area contributed by atoms with E-state index in [1.807, 2.05) is 6.92 Å². The minimum Gasteiger partial charge on any atom is -0.444 e. The molecule has 7 heteroatoms. The van der Waals surface area contributed by atoms with Crippen molar-refractivity contribution < 1.29 is 14.3 Å². The number of carbonyl (C=O) groups is 2. The van der Waals surface area contributed by atoms with Gasteiger partial charge in [-0.2, -0.15) is 0 Å². The Labute approximate surface area is 138 Å². The maximum absolute atomic E-state index is 12.1. The standard InChI is InChI=1S/C16H19N3O3S/c1-10-9-17-14(23-10)19-13(20)11-5-7-12(8-6-11)18-15(21)22-16(2,3)4/h5-9H,1-4H3,(H,18,21)(H,17,19,20). The molecule has 0 bridgehead atoms. The average Bonchev–Trinajstić information content (AvgIpc) is 2.82. The van der Waals surface area contributed by atoms with Gasteiger partial charge in [-0.1, -0.05) is 0 Å². The Morgan fingerprint density at radius 3 is 2.30 bits per heavy atom.